The summed E-state index contributed by atoms with van der Waals surface area (Å²) in [7, 11) is 0. The van der Waals surface area contributed by atoms with Crippen LogP contribution in [0.4, 0.5) is 0 Å². The van der Waals surface area contributed by atoms with Crippen molar-refractivity contribution in [3.63, 3.8) is 0 Å². The molecule has 0 spiro atoms. The highest BCUT2D eigenvalue weighted by molar-refractivity contribution is 7.13. The summed E-state index contributed by atoms with van der Waals surface area (Å²) < 4.78 is 5.62. The molecular weight excluding hydrogens is 346 g/mol. The van der Waals surface area contributed by atoms with Crippen LogP contribution in [0.25, 0.3) is 10.6 Å². The highest BCUT2D eigenvalue weighted by atomic mass is 32.1. The highest BCUT2D eigenvalue weighted by Gasteiger charge is 2.28. The first kappa shape index (κ1) is 18.9. The van der Waals surface area contributed by atoms with Crippen molar-refractivity contribution in [3.8, 4) is 16.3 Å². The third-order valence-electron chi connectivity index (χ3n) is 4.50. The molecule has 0 radical (unpaired) electrons. The molecule has 6 heteroatoms. The van der Waals surface area contributed by atoms with Crippen molar-refractivity contribution in [3.05, 3.63) is 35.3 Å². The number of aromatic nitrogens is 1. The summed E-state index contributed by atoms with van der Waals surface area (Å²) in [4.78, 5) is 19.6. The molecule has 26 heavy (non-hydrogen) atoms. The molecule has 1 aliphatic rings. The highest BCUT2D eigenvalue weighted by Crippen LogP contribution is 2.27. The van der Waals surface area contributed by atoms with Crippen LogP contribution in [0.2, 0.25) is 0 Å². The molecule has 1 saturated heterocycles. The van der Waals surface area contributed by atoms with Crippen molar-refractivity contribution in [2.75, 3.05) is 26.2 Å². The molecule has 1 unspecified atom stereocenters. The number of nitrogens with zero attached hydrogens (tertiary/aromatic N) is 2. The second-order valence-corrected chi connectivity index (χ2v) is 7.41. The van der Waals surface area contributed by atoms with Crippen LogP contribution in [0.5, 0.6) is 5.75 Å². The Bertz CT molecular complexity index is 708. The molecule has 1 fully saturated rings. The molecule has 0 saturated carbocycles. The lowest BCUT2D eigenvalue weighted by Gasteiger charge is -2.27. The monoisotopic (exact) mass is 373 g/mol. The Balaban J connectivity index is 1.72. The van der Waals surface area contributed by atoms with Gasteiger partial charge in [0, 0.05) is 30.1 Å². The number of benzene rings is 1. The van der Waals surface area contributed by atoms with Gasteiger partial charge < -0.3 is 15.0 Å². The summed E-state index contributed by atoms with van der Waals surface area (Å²) in [6.45, 7) is 7.55. The smallest absolute Gasteiger partial charge is 0.273 e. The summed E-state index contributed by atoms with van der Waals surface area (Å²) >= 11 is 1.52. The molecule has 0 aliphatic carbocycles. The number of nitrogens with one attached hydrogen (secondary N) is 1. The minimum atomic E-state index is 0.0472. The van der Waals surface area contributed by atoms with Crippen LogP contribution in [0, 0.1) is 0 Å². The van der Waals surface area contributed by atoms with E-state index in [-0.39, 0.29) is 11.9 Å². The zero-order chi connectivity index (χ0) is 18.4. The third kappa shape index (κ3) is 4.43. The summed E-state index contributed by atoms with van der Waals surface area (Å²) in [6, 6.07) is 8.21. The molecule has 1 amide bonds. The Morgan fingerprint density at radius 1 is 1.31 bits per heavy atom. The fourth-order valence-electron chi connectivity index (χ4n) is 3.16. The number of carbonyl (C=O) groups is 1. The number of rotatable bonds is 8. The number of ether oxygens (including phenoxy) is 1. The summed E-state index contributed by atoms with van der Waals surface area (Å²) in [5.41, 5.74) is 1.57. The standard InChI is InChI=1S/C20H27N3O2S/c1-3-11-23(16-9-10-21-13-16)20(24)18-14-26-19(22-18)15-5-7-17(8-6-15)25-12-4-2/h5-8,14,16,21H,3-4,9-13H2,1-2H3. The van der Waals surface area contributed by atoms with Gasteiger partial charge in [-0.2, -0.15) is 0 Å². The number of amides is 1. The second-order valence-electron chi connectivity index (χ2n) is 6.56. The fourth-order valence-corrected chi connectivity index (χ4v) is 3.96. The van der Waals surface area contributed by atoms with E-state index >= 15 is 0 Å². The lowest BCUT2D eigenvalue weighted by atomic mass is 10.2. The Hall–Kier alpha value is -1.92. The van der Waals surface area contributed by atoms with Gasteiger partial charge in [0.15, 0.2) is 0 Å². The van der Waals surface area contributed by atoms with Crippen LogP contribution >= 0.6 is 11.3 Å². The van der Waals surface area contributed by atoms with Gasteiger partial charge in [0.2, 0.25) is 0 Å². The predicted molar refractivity (Wildman–Crippen MR) is 106 cm³/mol. The van der Waals surface area contributed by atoms with Crippen molar-refractivity contribution in [1.82, 2.24) is 15.2 Å². The third-order valence-corrected chi connectivity index (χ3v) is 5.39. The van der Waals surface area contributed by atoms with Crippen LogP contribution in [0.1, 0.15) is 43.6 Å². The Morgan fingerprint density at radius 2 is 2.12 bits per heavy atom. The van der Waals surface area contributed by atoms with Crippen molar-refractivity contribution in [1.29, 1.82) is 0 Å². The number of thiazole rings is 1. The molecule has 1 atom stereocenters. The van der Waals surface area contributed by atoms with Crippen molar-refractivity contribution in [2.24, 2.45) is 0 Å². The van der Waals surface area contributed by atoms with E-state index in [0.29, 0.717) is 5.69 Å². The van der Waals surface area contributed by atoms with Gasteiger partial charge >= 0.3 is 0 Å². The molecule has 2 aromatic rings. The summed E-state index contributed by atoms with van der Waals surface area (Å²) in [5, 5.41) is 6.10. The minimum absolute atomic E-state index is 0.0472. The summed E-state index contributed by atoms with van der Waals surface area (Å²) in [6.07, 6.45) is 2.96. The van der Waals surface area contributed by atoms with Gasteiger partial charge in [-0.25, -0.2) is 4.98 Å². The van der Waals surface area contributed by atoms with Gasteiger partial charge in [-0.05, 0) is 50.1 Å². The Kier molecular flexibility index (Phi) is 6.63. The zero-order valence-electron chi connectivity index (χ0n) is 15.5. The molecule has 1 N–H and O–H groups in total. The van der Waals surface area contributed by atoms with E-state index < -0.39 is 0 Å². The van der Waals surface area contributed by atoms with E-state index in [0.717, 1.165) is 61.8 Å². The van der Waals surface area contributed by atoms with Crippen LogP contribution in [0.3, 0.4) is 0 Å². The lowest BCUT2D eigenvalue weighted by Crippen LogP contribution is -2.42. The normalized spacial score (nSPS) is 16.6. The van der Waals surface area contributed by atoms with Gasteiger partial charge in [0.1, 0.15) is 16.5 Å². The van der Waals surface area contributed by atoms with Gasteiger partial charge in [-0.3, -0.25) is 4.79 Å². The first-order valence-corrected chi connectivity index (χ1v) is 10.3. The van der Waals surface area contributed by atoms with Gasteiger partial charge in [-0.15, -0.1) is 11.3 Å². The number of hydrogen-bond acceptors (Lipinski definition) is 5. The number of hydrogen-bond donors (Lipinski definition) is 1. The molecule has 1 aliphatic heterocycles. The van der Waals surface area contributed by atoms with Crippen LogP contribution < -0.4 is 10.1 Å². The van der Waals surface area contributed by atoms with E-state index in [1.54, 1.807) is 0 Å². The lowest BCUT2D eigenvalue weighted by molar-refractivity contribution is 0.0687. The predicted octanol–water partition coefficient (Wildman–Crippen LogP) is 3.81. The molecule has 3 rings (SSSR count). The number of carbonyl (C=O) groups excluding carboxylic acids is 1. The van der Waals surface area contributed by atoms with E-state index in [1.807, 2.05) is 34.5 Å². The molecule has 140 valence electrons. The quantitative estimate of drug-likeness (QED) is 0.764. The zero-order valence-corrected chi connectivity index (χ0v) is 16.3. The fraction of sp³-hybridized carbons (Fsp3) is 0.500. The maximum absolute atomic E-state index is 13.0. The molecule has 0 bridgehead atoms. The van der Waals surface area contributed by atoms with Crippen molar-refractivity contribution in [2.45, 2.75) is 39.2 Å². The van der Waals surface area contributed by atoms with E-state index in [2.05, 4.69) is 24.1 Å². The van der Waals surface area contributed by atoms with Gasteiger partial charge in [-0.1, -0.05) is 13.8 Å². The Morgan fingerprint density at radius 3 is 2.77 bits per heavy atom. The van der Waals surface area contributed by atoms with E-state index in [1.165, 1.54) is 11.3 Å². The average Bonchev–Trinajstić information content (AvgIpc) is 3.36. The van der Waals surface area contributed by atoms with Gasteiger partial charge in [0.25, 0.3) is 5.91 Å². The van der Waals surface area contributed by atoms with Crippen LogP contribution in [0.15, 0.2) is 29.6 Å². The molecular formula is C20H27N3O2S. The second kappa shape index (κ2) is 9.14. The van der Waals surface area contributed by atoms with E-state index in [4.69, 9.17) is 4.74 Å². The SMILES string of the molecule is CCCOc1ccc(-c2nc(C(=O)N(CCC)C3CCNC3)cs2)cc1. The first-order valence-electron chi connectivity index (χ1n) is 9.43. The van der Waals surface area contributed by atoms with Crippen LogP contribution in [-0.4, -0.2) is 48.1 Å². The maximum atomic E-state index is 13.0. The maximum Gasteiger partial charge on any atom is 0.273 e. The first-order chi connectivity index (χ1) is 12.7. The summed E-state index contributed by atoms with van der Waals surface area (Å²) in [5.74, 6) is 0.914. The molecule has 2 heterocycles. The van der Waals surface area contributed by atoms with Crippen molar-refractivity contribution >= 4 is 17.2 Å². The molecule has 1 aromatic heterocycles. The van der Waals surface area contributed by atoms with Crippen molar-refractivity contribution < 1.29 is 9.53 Å². The molecule has 5 nitrogen and oxygen atoms in total. The topological polar surface area (TPSA) is 54.5 Å². The average molecular weight is 374 g/mol. The molecule has 1 aromatic carbocycles. The van der Waals surface area contributed by atoms with Crippen LogP contribution in [-0.2, 0) is 0 Å². The van der Waals surface area contributed by atoms with E-state index in [9.17, 15) is 4.79 Å². The Labute approximate surface area is 159 Å². The van der Waals surface area contributed by atoms with Gasteiger partial charge in [0.05, 0.1) is 6.61 Å². The minimum Gasteiger partial charge on any atom is -0.494 e. The largest absolute Gasteiger partial charge is 0.494 e.